The lowest BCUT2D eigenvalue weighted by molar-refractivity contribution is -0.135. The molecule has 0 aliphatic rings. The van der Waals surface area contributed by atoms with Gasteiger partial charge in [-0.3, -0.25) is 0 Å². The van der Waals surface area contributed by atoms with Crippen molar-refractivity contribution in [3.63, 3.8) is 0 Å². The van der Waals surface area contributed by atoms with E-state index in [1.54, 1.807) is 0 Å². The zero-order valence-electron chi connectivity index (χ0n) is 12.0. The Bertz CT molecular complexity index is 255. The second kappa shape index (κ2) is 11.6. The minimum absolute atomic E-state index is 0.184. The molecule has 0 atom stereocenters. The molecular formula is C12H18F10. The number of rotatable bonds is 3. The third-order valence-corrected chi connectivity index (χ3v) is 1.46. The molecule has 0 radical (unpaired) electrons. The monoisotopic (exact) mass is 352 g/mol. The molecule has 0 heterocycles. The third kappa shape index (κ3) is 42.7. The first-order valence-corrected chi connectivity index (χ1v) is 6.07. The molecule has 0 aromatic heterocycles. The van der Waals surface area contributed by atoms with Gasteiger partial charge in [0.1, 0.15) is 5.83 Å². The highest BCUT2D eigenvalue weighted by Crippen LogP contribution is 2.23. The minimum atomic E-state index is -4.45. The fraction of sp³-hybridized carbons (Fsp3) is 0.833. The van der Waals surface area contributed by atoms with Crippen molar-refractivity contribution in [3.8, 4) is 0 Å². The van der Waals surface area contributed by atoms with E-state index in [2.05, 4.69) is 6.58 Å². The molecule has 0 nitrogen and oxygen atoms in total. The van der Waals surface area contributed by atoms with Gasteiger partial charge in [0.15, 0.2) is 0 Å². The molecule has 0 aromatic rings. The summed E-state index contributed by atoms with van der Waals surface area (Å²) in [5, 5.41) is 0. The fourth-order valence-corrected chi connectivity index (χ4v) is 0.784. The van der Waals surface area contributed by atoms with Crippen molar-refractivity contribution in [3.05, 3.63) is 12.4 Å². The molecule has 0 aromatic carbocycles. The summed E-state index contributed by atoms with van der Waals surface area (Å²) in [5.74, 6) is -1.35. The van der Waals surface area contributed by atoms with Crippen molar-refractivity contribution >= 4 is 0 Å². The number of halogens is 10. The van der Waals surface area contributed by atoms with E-state index in [0.717, 1.165) is 0 Å². The van der Waals surface area contributed by atoms with Crippen LogP contribution in [0.2, 0.25) is 0 Å². The van der Waals surface area contributed by atoms with Gasteiger partial charge in [-0.15, -0.1) is 0 Å². The summed E-state index contributed by atoms with van der Waals surface area (Å²) >= 11 is 0. The molecule has 0 N–H and O–H groups in total. The summed E-state index contributed by atoms with van der Waals surface area (Å²) in [4.78, 5) is 0. The van der Waals surface area contributed by atoms with E-state index in [9.17, 15) is 43.9 Å². The van der Waals surface area contributed by atoms with E-state index in [1.807, 2.05) is 0 Å². The maximum atomic E-state index is 11.3. The van der Waals surface area contributed by atoms with Gasteiger partial charge >= 0.3 is 18.5 Å². The summed E-state index contributed by atoms with van der Waals surface area (Å²) in [6, 6.07) is 0. The molecule has 0 aliphatic carbocycles. The minimum Gasteiger partial charge on any atom is -0.212 e. The average molecular weight is 352 g/mol. The van der Waals surface area contributed by atoms with E-state index in [4.69, 9.17) is 0 Å². The van der Waals surface area contributed by atoms with Crippen molar-refractivity contribution in [2.24, 2.45) is 0 Å². The van der Waals surface area contributed by atoms with Gasteiger partial charge in [-0.2, -0.15) is 39.5 Å². The zero-order valence-corrected chi connectivity index (χ0v) is 12.0. The first-order valence-electron chi connectivity index (χ1n) is 6.07. The summed E-state index contributed by atoms with van der Waals surface area (Å²) in [7, 11) is 0. The highest BCUT2D eigenvalue weighted by atomic mass is 19.4. The highest BCUT2D eigenvalue weighted by Gasteiger charge is 2.28. The molecule has 0 rings (SSSR count). The predicted molar refractivity (Wildman–Crippen MR) is 62.8 cm³/mol. The molecule has 10 heteroatoms. The van der Waals surface area contributed by atoms with Crippen LogP contribution < -0.4 is 0 Å². The lowest BCUT2D eigenvalue weighted by Gasteiger charge is -2.00. The van der Waals surface area contributed by atoms with Gasteiger partial charge in [0.25, 0.3) is 0 Å². The van der Waals surface area contributed by atoms with Crippen LogP contribution in [0.15, 0.2) is 12.4 Å². The number of hydrogen-bond donors (Lipinski definition) is 0. The highest BCUT2D eigenvalue weighted by molar-refractivity contribution is 4.82. The third-order valence-electron chi connectivity index (χ3n) is 1.46. The summed E-state index contributed by atoms with van der Waals surface area (Å²) < 4.78 is 111. The lowest BCUT2D eigenvalue weighted by atomic mass is 10.3. The van der Waals surface area contributed by atoms with Gasteiger partial charge in [-0.25, -0.2) is 4.39 Å². The quantitative estimate of drug-likeness (QED) is 0.474. The van der Waals surface area contributed by atoms with Crippen molar-refractivity contribution in [1.29, 1.82) is 0 Å². The Kier molecular flexibility index (Phi) is 13.7. The van der Waals surface area contributed by atoms with Crippen molar-refractivity contribution in [2.75, 3.05) is 0 Å². The normalized spacial score (nSPS) is 11.8. The van der Waals surface area contributed by atoms with Crippen LogP contribution in [0, 0.1) is 0 Å². The van der Waals surface area contributed by atoms with Crippen LogP contribution in [0.5, 0.6) is 0 Å². The molecule has 136 valence electrons. The fourth-order valence-electron chi connectivity index (χ4n) is 0.784. The maximum Gasteiger partial charge on any atom is 0.395 e. The van der Waals surface area contributed by atoms with E-state index in [0.29, 0.717) is 0 Å². The Morgan fingerprint density at radius 1 is 0.682 bits per heavy atom. The second-order valence-electron chi connectivity index (χ2n) is 4.04. The molecule has 0 bridgehead atoms. The van der Waals surface area contributed by atoms with E-state index in [1.165, 1.54) is 13.8 Å². The standard InChI is InChI=1S/C4H4F4.2C4H7F3/c1-3(5)2-4(6,7)8;2*1-2-3-4(5,6)7/h1-2H2;2*2-3H2,1H3. The smallest absolute Gasteiger partial charge is 0.212 e. The summed E-state index contributed by atoms with van der Waals surface area (Å²) in [6.45, 7) is 5.47. The molecule has 22 heavy (non-hydrogen) atoms. The van der Waals surface area contributed by atoms with Gasteiger partial charge in [-0.05, 0) is 12.8 Å². The first kappa shape index (κ1) is 26.0. The van der Waals surface area contributed by atoms with Crippen LogP contribution in [0.25, 0.3) is 0 Å². The molecule has 0 amide bonds. The van der Waals surface area contributed by atoms with Gasteiger partial charge in [-0.1, -0.05) is 20.4 Å². The molecule has 0 fully saturated rings. The molecule has 0 aliphatic heterocycles. The predicted octanol–water partition coefficient (Wildman–Crippen LogP) is 7.12. The molecule has 0 saturated heterocycles. The van der Waals surface area contributed by atoms with Crippen LogP contribution in [-0.2, 0) is 0 Å². The van der Waals surface area contributed by atoms with Crippen molar-refractivity contribution < 1.29 is 43.9 Å². The van der Waals surface area contributed by atoms with Gasteiger partial charge in [0.2, 0.25) is 0 Å². The van der Waals surface area contributed by atoms with Crippen molar-refractivity contribution in [2.45, 2.75) is 64.5 Å². The summed E-state index contributed by atoms with van der Waals surface area (Å²) in [6.07, 6.45) is -14.8. The molecule has 0 saturated carbocycles. The number of allylic oxidation sites excluding steroid dienone is 1. The van der Waals surface area contributed by atoms with Gasteiger partial charge < -0.3 is 0 Å². The Hall–Kier alpha value is -0.960. The molecular weight excluding hydrogens is 334 g/mol. The van der Waals surface area contributed by atoms with Crippen molar-refractivity contribution in [1.82, 2.24) is 0 Å². The number of hydrogen-bond acceptors (Lipinski definition) is 0. The number of alkyl halides is 9. The van der Waals surface area contributed by atoms with E-state index in [-0.39, 0.29) is 12.8 Å². The van der Waals surface area contributed by atoms with Gasteiger partial charge in [0.05, 0.1) is 6.42 Å². The Morgan fingerprint density at radius 2 is 0.955 bits per heavy atom. The second-order valence-corrected chi connectivity index (χ2v) is 4.04. The first-order chi connectivity index (χ1) is 9.54. The Morgan fingerprint density at radius 3 is 0.955 bits per heavy atom. The van der Waals surface area contributed by atoms with Crippen LogP contribution in [0.3, 0.4) is 0 Å². The zero-order chi connectivity index (χ0) is 18.6. The van der Waals surface area contributed by atoms with Crippen LogP contribution in [0.1, 0.15) is 46.0 Å². The largest absolute Gasteiger partial charge is 0.395 e. The van der Waals surface area contributed by atoms with Crippen LogP contribution in [-0.4, -0.2) is 18.5 Å². The van der Waals surface area contributed by atoms with Crippen LogP contribution in [0.4, 0.5) is 43.9 Å². The average Bonchev–Trinajstić information content (AvgIpc) is 2.10. The van der Waals surface area contributed by atoms with E-state index < -0.39 is 43.6 Å². The van der Waals surface area contributed by atoms with E-state index >= 15 is 0 Å². The molecule has 0 unspecified atom stereocenters. The lowest BCUT2D eigenvalue weighted by Crippen LogP contribution is -2.05. The maximum absolute atomic E-state index is 11.3. The SMILES string of the molecule is C=C(F)CC(F)(F)F.CCCC(F)(F)F.CCCC(F)(F)F. The van der Waals surface area contributed by atoms with Crippen LogP contribution >= 0.6 is 0 Å². The summed E-state index contributed by atoms with van der Waals surface area (Å²) in [5.41, 5.74) is 0. The Labute approximate surface area is 122 Å². The Balaban J connectivity index is -0.000000247. The van der Waals surface area contributed by atoms with Gasteiger partial charge in [0, 0.05) is 12.8 Å². The topological polar surface area (TPSA) is 0 Å². The molecule has 0 spiro atoms.